The highest BCUT2D eigenvalue weighted by atomic mass is 16.5. The first-order valence-electron chi connectivity index (χ1n) is 12.4. The standard InChI is InChI=1S/C29H24N4O6/c1-17(34)18-4-6-20(7-5-18)32-27(36)31-15-12-23-25(33(31)28(32)37)22-9-8-21(16-24(22)39-29(23,2)3)38-26(35)19-10-13-30-14-11-19/h4-14,16,25H,15H2,1-3H3. The van der Waals surface area contributed by atoms with Crippen LogP contribution in [0.5, 0.6) is 11.5 Å². The lowest BCUT2D eigenvalue weighted by Crippen LogP contribution is -2.46. The highest BCUT2D eigenvalue weighted by Gasteiger charge is 2.44. The number of fused-ring (bicyclic) bond motifs is 5. The number of hydrogen-bond donors (Lipinski definition) is 0. The van der Waals surface area contributed by atoms with Crippen LogP contribution in [0, 0.1) is 0 Å². The summed E-state index contributed by atoms with van der Waals surface area (Å²) in [4.78, 5) is 55.4. The highest BCUT2D eigenvalue weighted by Crippen LogP contribution is 2.47. The number of esters is 1. The second-order valence-electron chi connectivity index (χ2n) is 9.93. The first-order chi connectivity index (χ1) is 18.7. The van der Waals surface area contributed by atoms with E-state index in [1.165, 1.54) is 28.7 Å². The van der Waals surface area contributed by atoms with Crippen molar-refractivity contribution in [2.45, 2.75) is 39.0 Å². The van der Waals surface area contributed by atoms with Gasteiger partial charge in [0.1, 0.15) is 23.1 Å². The van der Waals surface area contributed by atoms with Crippen LogP contribution in [0.25, 0.3) is 5.69 Å². The molecule has 2 aliphatic heterocycles. The third kappa shape index (κ3) is 3.92. The number of carbonyl (C=O) groups excluding carboxylic acids is 2. The third-order valence-corrected chi connectivity index (χ3v) is 7.08. The SMILES string of the molecule is CC(=O)c1ccc(-n2c(=O)n3n(c2=O)C2C(=CC3)C(C)(C)Oc3cc(OC(=O)c4ccncc4)ccc32)cc1. The van der Waals surface area contributed by atoms with Gasteiger partial charge in [-0.2, -0.15) is 0 Å². The van der Waals surface area contributed by atoms with Gasteiger partial charge in [-0.1, -0.05) is 6.08 Å². The van der Waals surface area contributed by atoms with Crippen LogP contribution < -0.4 is 20.9 Å². The number of Topliss-reactive ketones (excluding diaryl/α,β-unsaturated/α-hetero) is 1. The first kappa shape index (κ1) is 24.4. The predicted molar refractivity (Wildman–Crippen MR) is 141 cm³/mol. The van der Waals surface area contributed by atoms with Crippen molar-refractivity contribution in [3.8, 4) is 17.2 Å². The Labute approximate surface area is 222 Å². The van der Waals surface area contributed by atoms with Gasteiger partial charge >= 0.3 is 17.3 Å². The molecule has 0 N–H and O–H groups in total. The van der Waals surface area contributed by atoms with Crippen molar-refractivity contribution in [1.82, 2.24) is 18.9 Å². The van der Waals surface area contributed by atoms with Crippen LogP contribution in [0.15, 0.2) is 88.2 Å². The van der Waals surface area contributed by atoms with E-state index in [2.05, 4.69) is 4.98 Å². The Morgan fingerprint density at radius 2 is 1.69 bits per heavy atom. The van der Waals surface area contributed by atoms with Gasteiger partial charge in [-0.3, -0.25) is 9.78 Å². The molecular formula is C29H24N4O6. The summed E-state index contributed by atoms with van der Waals surface area (Å²) in [6, 6.07) is 13.9. The minimum atomic E-state index is -0.808. The molecule has 0 spiro atoms. The maximum absolute atomic E-state index is 13.8. The molecule has 2 aromatic heterocycles. The number of hydrogen-bond acceptors (Lipinski definition) is 7. The maximum Gasteiger partial charge on any atom is 0.352 e. The zero-order valence-corrected chi connectivity index (χ0v) is 21.5. The Bertz CT molecular complexity index is 1790. The van der Waals surface area contributed by atoms with Crippen molar-refractivity contribution < 1.29 is 19.1 Å². The molecule has 4 aromatic rings. The quantitative estimate of drug-likeness (QED) is 0.174. The van der Waals surface area contributed by atoms with Gasteiger partial charge in [-0.15, -0.1) is 0 Å². The van der Waals surface area contributed by atoms with E-state index in [9.17, 15) is 19.2 Å². The largest absolute Gasteiger partial charge is 0.483 e. The number of aromatic nitrogens is 4. The lowest BCUT2D eigenvalue weighted by atomic mass is 9.83. The average Bonchev–Trinajstić information content (AvgIpc) is 3.18. The molecule has 39 heavy (non-hydrogen) atoms. The minimum Gasteiger partial charge on any atom is -0.483 e. The highest BCUT2D eigenvalue weighted by molar-refractivity contribution is 5.94. The Morgan fingerprint density at radius 3 is 2.38 bits per heavy atom. The van der Waals surface area contributed by atoms with Crippen molar-refractivity contribution in [1.29, 1.82) is 0 Å². The summed E-state index contributed by atoms with van der Waals surface area (Å²) in [7, 11) is 0. The van der Waals surface area contributed by atoms with Crippen LogP contribution in [0.1, 0.15) is 53.1 Å². The molecule has 2 aromatic carbocycles. The van der Waals surface area contributed by atoms with Gasteiger partial charge in [0.05, 0.1) is 17.8 Å². The summed E-state index contributed by atoms with van der Waals surface area (Å²) in [6.45, 7) is 5.43. The summed E-state index contributed by atoms with van der Waals surface area (Å²) in [6.07, 6.45) is 4.93. The average molecular weight is 525 g/mol. The van der Waals surface area contributed by atoms with E-state index in [1.807, 2.05) is 19.9 Å². The molecule has 0 fully saturated rings. The number of pyridine rings is 1. The van der Waals surface area contributed by atoms with Crippen LogP contribution in [0.3, 0.4) is 0 Å². The lowest BCUT2D eigenvalue weighted by molar-refractivity contribution is 0.0732. The van der Waals surface area contributed by atoms with E-state index in [-0.39, 0.29) is 18.1 Å². The molecule has 0 bridgehead atoms. The number of ketones is 1. The molecule has 196 valence electrons. The van der Waals surface area contributed by atoms with Gasteiger partial charge in [0.2, 0.25) is 0 Å². The van der Waals surface area contributed by atoms with E-state index in [0.29, 0.717) is 28.1 Å². The second kappa shape index (κ2) is 8.80. The summed E-state index contributed by atoms with van der Waals surface area (Å²) in [5, 5.41) is 0. The van der Waals surface area contributed by atoms with Crippen molar-refractivity contribution in [3.63, 3.8) is 0 Å². The lowest BCUT2D eigenvalue weighted by Gasteiger charge is -2.42. The number of nitrogens with zero attached hydrogens (tertiary/aromatic N) is 4. The van der Waals surface area contributed by atoms with Gasteiger partial charge in [-0.05, 0) is 74.9 Å². The van der Waals surface area contributed by atoms with Crippen molar-refractivity contribution in [2.75, 3.05) is 0 Å². The van der Waals surface area contributed by atoms with Crippen LogP contribution in [-0.2, 0) is 6.54 Å². The number of allylic oxidation sites excluding steroid dienone is 1. The van der Waals surface area contributed by atoms with Crippen LogP contribution >= 0.6 is 0 Å². The first-order valence-corrected chi connectivity index (χ1v) is 12.4. The maximum atomic E-state index is 13.8. The number of ether oxygens (including phenoxy) is 2. The molecule has 0 saturated heterocycles. The molecule has 2 aliphatic rings. The van der Waals surface area contributed by atoms with Crippen molar-refractivity contribution in [3.05, 3.63) is 116 Å². The van der Waals surface area contributed by atoms with Crippen LogP contribution in [0.4, 0.5) is 0 Å². The monoisotopic (exact) mass is 524 g/mol. The zero-order chi connectivity index (χ0) is 27.5. The Kier molecular flexibility index (Phi) is 5.49. The third-order valence-electron chi connectivity index (χ3n) is 7.08. The Hall–Kier alpha value is -4.99. The molecule has 10 heteroatoms. The Balaban J connectivity index is 1.44. The molecular weight excluding hydrogens is 500 g/mol. The molecule has 1 atom stereocenters. The molecule has 0 aliphatic carbocycles. The number of carbonyl (C=O) groups is 2. The topological polar surface area (TPSA) is 114 Å². The molecule has 0 amide bonds. The molecule has 10 nitrogen and oxygen atoms in total. The van der Waals surface area contributed by atoms with E-state index < -0.39 is 29.0 Å². The van der Waals surface area contributed by atoms with Crippen LogP contribution in [-0.4, -0.2) is 36.3 Å². The fourth-order valence-corrected chi connectivity index (χ4v) is 5.16. The fourth-order valence-electron chi connectivity index (χ4n) is 5.16. The zero-order valence-electron chi connectivity index (χ0n) is 21.5. The predicted octanol–water partition coefficient (Wildman–Crippen LogP) is 3.32. The molecule has 0 radical (unpaired) electrons. The summed E-state index contributed by atoms with van der Waals surface area (Å²) >= 11 is 0. The van der Waals surface area contributed by atoms with Crippen LogP contribution in [0.2, 0.25) is 0 Å². The minimum absolute atomic E-state index is 0.109. The van der Waals surface area contributed by atoms with Gasteiger partial charge in [0.25, 0.3) is 0 Å². The van der Waals surface area contributed by atoms with Crippen molar-refractivity contribution >= 4 is 11.8 Å². The summed E-state index contributed by atoms with van der Waals surface area (Å²) in [5.74, 6) is 0.0714. The van der Waals surface area contributed by atoms with E-state index in [0.717, 1.165) is 10.1 Å². The Morgan fingerprint density at radius 1 is 0.974 bits per heavy atom. The van der Waals surface area contributed by atoms with Gasteiger partial charge in [0.15, 0.2) is 5.78 Å². The van der Waals surface area contributed by atoms with E-state index in [4.69, 9.17) is 9.47 Å². The number of rotatable bonds is 4. The molecule has 6 rings (SSSR count). The van der Waals surface area contributed by atoms with E-state index >= 15 is 0 Å². The van der Waals surface area contributed by atoms with Gasteiger partial charge in [-0.25, -0.2) is 28.3 Å². The van der Waals surface area contributed by atoms with Crippen molar-refractivity contribution in [2.24, 2.45) is 0 Å². The van der Waals surface area contributed by atoms with E-state index in [1.54, 1.807) is 54.6 Å². The fraction of sp³-hybridized carbons (Fsp3) is 0.207. The number of benzene rings is 2. The molecule has 1 unspecified atom stereocenters. The molecule has 4 heterocycles. The molecule has 0 saturated carbocycles. The van der Waals surface area contributed by atoms with Gasteiger partial charge in [0, 0.05) is 29.6 Å². The smallest absolute Gasteiger partial charge is 0.352 e. The normalized spacial score (nSPS) is 16.7. The summed E-state index contributed by atoms with van der Waals surface area (Å²) < 4.78 is 15.8. The second-order valence-corrected chi connectivity index (χ2v) is 9.93. The summed E-state index contributed by atoms with van der Waals surface area (Å²) in [5.41, 5.74) is 0.900. The van der Waals surface area contributed by atoms with Gasteiger partial charge < -0.3 is 9.47 Å².